The number of para-hydroxylation sites is 2. The second kappa shape index (κ2) is 8.81. The number of rotatable bonds is 3. The van der Waals surface area contributed by atoms with E-state index in [9.17, 15) is 14.9 Å². The highest BCUT2D eigenvalue weighted by Gasteiger charge is 2.43. The third-order valence-corrected chi connectivity index (χ3v) is 6.89. The zero-order chi connectivity index (χ0) is 23.7. The van der Waals surface area contributed by atoms with Crippen molar-refractivity contribution in [3.8, 4) is 6.07 Å². The molecular formula is C26H19N5O2S. The van der Waals surface area contributed by atoms with Crippen LogP contribution in [0.2, 0.25) is 0 Å². The Morgan fingerprint density at radius 3 is 2.00 bits per heavy atom. The molecular weight excluding hydrogens is 446 g/mol. The fraction of sp³-hybridized carbons (Fsp3) is 0.0385. The molecule has 3 aromatic carbocycles. The fourth-order valence-corrected chi connectivity index (χ4v) is 5.35. The van der Waals surface area contributed by atoms with Gasteiger partial charge in [-0.3, -0.25) is 19.9 Å². The summed E-state index contributed by atoms with van der Waals surface area (Å²) in [5.41, 5.74) is 11.6. The minimum Gasteiger partial charge on any atom is -0.384 e. The molecule has 0 bridgehead atoms. The van der Waals surface area contributed by atoms with Crippen LogP contribution in [0.3, 0.4) is 0 Å². The Morgan fingerprint density at radius 2 is 1.41 bits per heavy atom. The number of benzene rings is 3. The van der Waals surface area contributed by atoms with Crippen molar-refractivity contribution in [1.29, 1.82) is 5.26 Å². The quantitative estimate of drug-likeness (QED) is 0.448. The number of carbonyl (C=O) groups excluding carboxylic acids is 2. The molecule has 166 valence electrons. The molecule has 34 heavy (non-hydrogen) atoms. The molecule has 2 aliphatic rings. The number of carbonyl (C=O) groups is 2. The highest BCUT2D eigenvalue weighted by Crippen LogP contribution is 2.50. The number of nitriles is 1. The van der Waals surface area contributed by atoms with Gasteiger partial charge in [0.1, 0.15) is 22.5 Å². The number of hydrogen-bond donors (Lipinski definition) is 2. The summed E-state index contributed by atoms with van der Waals surface area (Å²) < 4.78 is 0. The van der Waals surface area contributed by atoms with Gasteiger partial charge >= 0.3 is 0 Å². The number of hydrogen-bond acceptors (Lipinski definition) is 6. The molecule has 3 aromatic rings. The number of thioether (sulfide) groups is 1. The molecule has 1 unspecified atom stereocenters. The lowest BCUT2D eigenvalue weighted by molar-refractivity contribution is -0.117. The molecule has 1 fully saturated rings. The predicted molar refractivity (Wildman–Crippen MR) is 132 cm³/mol. The van der Waals surface area contributed by atoms with Crippen molar-refractivity contribution in [2.75, 3.05) is 9.91 Å². The third kappa shape index (κ3) is 3.58. The van der Waals surface area contributed by atoms with Crippen LogP contribution in [0, 0.1) is 11.3 Å². The first-order chi connectivity index (χ1) is 16.6. The van der Waals surface area contributed by atoms with Crippen molar-refractivity contribution in [2.24, 2.45) is 5.73 Å². The highest BCUT2D eigenvalue weighted by atomic mass is 32.2. The molecule has 0 aliphatic carbocycles. The minimum absolute atomic E-state index is 0.0291. The maximum Gasteiger partial charge on any atom is 0.285 e. The van der Waals surface area contributed by atoms with Crippen molar-refractivity contribution in [2.45, 2.75) is 5.25 Å². The van der Waals surface area contributed by atoms with E-state index >= 15 is 0 Å². The van der Waals surface area contributed by atoms with Gasteiger partial charge in [-0.05, 0) is 29.8 Å². The summed E-state index contributed by atoms with van der Waals surface area (Å²) in [5.74, 6) is -0.834. The van der Waals surface area contributed by atoms with Gasteiger partial charge in [-0.1, -0.05) is 78.5 Å². The van der Waals surface area contributed by atoms with Crippen molar-refractivity contribution in [3.63, 3.8) is 0 Å². The maximum atomic E-state index is 13.5. The number of nitrogens with two attached hydrogens (primary N) is 1. The lowest BCUT2D eigenvalue weighted by Gasteiger charge is -2.36. The molecule has 0 radical (unpaired) electrons. The highest BCUT2D eigenvalue weighted by molar-refractivity contribution is 8.03. The first kappa shape index (κ1) is 21.4. The van der Waals surface area contributed by atoms with Gasteiger partial charge in [0.2, 0.25) is 0 Å². The molecule has 0 aromatic heterocycles. The molecule has 2 aliphatic heterocycles. The van der Waals surface area contributed by atoms with Gasteiger partial charge < -0.3 is 5.73 Å². The zero-order valence-electron chi connectivity index (χ0n) is 17.9. The topological polar surface area (TPSA) is 102 Å². The Kier molecular flexibility index (Phi) is 5.54. The summed E-state index contributed by atoms with van der Waals surface area (Å²) in [6.07, 6.45) is 0. The molecule has 3 N–H and O–H groups in total. The second-order valence-electron chi connectivity index (χ2n) is 7.59. The average molecular weight is 466 g/mol. The Hall–Kier alpha value is -4.48. The average Bonchev–Trinajstić information content (AvgIpc) is 3.18. The molecule has 1 saturated heterocycles. The van der Waals surface area contributed by atoms with E-state index in [1.54, 1.807) is 29.2 Å². The monoisotopic (exact) mass is 465 g/mol. The summed E-state index contributed by atoms with van der Waals surface area (Å²) >= 11 is 1.26. The van der Waals surface area contributed by atoms with E-state index in [1.165, 1.54) is 16.8 Å². The normalized spacial score (nSPS) is 20.4. The van der Waals surface area contributed by atoms with Crippen molar-refractivity contribution in [3.05, 3.63) is 119 Å². The minimum atomic E-state index is -0.530. The van der Waals surface area contributed by atoms with E-state index in [2.05, 4.69) is 11.5 Å². The molecule has 5 rings (SSSR count). The lowest BCUT2D eigenvalue weighted by atomic mass is 10.0. The molecule has 7 nitrogen and oxygen atoms in total. The first-order valence-electron chi connectivity index (χ1n) is 10.5. The third-order valence-electron chi connectivity index (χ3n) is 5.53. The standard InChI is InChI=1S/C26H19N5O2S/c27-16-20-22(17-10-4-1-5-11-17)34-26(30(23(20)28)18-12-6-2-7-13-18)21-24(32)29-31(25(21)33)19-14-8-3-9-15-19/h1-15,22H,28H2,(H,29,32)/b26-21+. The van der Waals surface area contributed by atoms with Crippen molar-refractivity contribution in [1.82, 2.24) is 5.43 Å². The molecule has 0 saturated carbocycles. The Balaban J connectivity index is 1.71. The van der Waals surface area contributed by atoms with Gasteiger partial charge in [-0.25, -0.2) is 5.01 Å². The Bertz CT molecular complexity index is 1360. The van der Waals surface area contributed by atoms with Gasteiger partial charge in [0, 0.05) is 5.69 Å². The van der Waals surface area contributed by atoms with E-state index < -0.39 is 17.1 Å². The number of nitrogens with zero attached hydrogens (tertiary/aromatic N) is 3. The van der Waals surface area contributed by atoms with Gasteiger partial charge in [0.25, 0.3) is 11.8 Å². The van der Waals surface area contributed by atoms with Crippen molar-refractivity contribution < 1.29 is 9.59 Å². The fourth-order valence-electron chi connectivity index (χ4n) is 3.93. The van der Waals surface area contributed by atoms with Crippen LogP contribution in [0.1, 0.15) is 10.8 Å². The van der Waals surface area contributed by atoms with Crippen LogP contribution >= 0.6 is 11.8 Å². The van der Waals surface area contributed by atoms with E-state index in [0.717, 1.165) is 5.56 Å². The number of nitrogens with one attached hydrogen (secondary N) is 1. The van der Waals surface area contributed by atoms with E-state index in [-0.39, 0.29) is 11.4 Å². The maximum absolute atomic E-state index is 13.5. The van der Waals surface area contributed by atoms with E-state index in [0.29, 0.717) is 22.0 Å². The number of anilines is 2. The Labute approximate surface area is 200 Å². The summed E-state index contributed by atoms with van der Waals surface area (Å²) in [6, 6.07) is 29.7. The molecule has 8 heteroatoms. The van der Waals surface area contributed by atoms with Gasteiger partial charge in [-0.2, -0.15) is 5.26 Å². The SMILES string of the molecule is N#CC1=C(N)N(c2ccccc2)/C(=C2/C(=O)NN(c3ccccc3)C2=O)SC1c1ccccc1. The first-order valence-corrected chi connectivity index (χ1v) is 11.4. The molecule has 0 spiro atoms. The van der Waals surface area contributed by atoms with Gasteiger partial charge in [0.15, 0.2) is 0 Å². The lowest BCUT2D eigenvalue weighted by Crippen LogP contribution is -2.35. The second-order valence-corrected chi connectivity index (χ2v) is 8.68. The number of hydrazine groups is 1. The van der Waals surface area contributed by atoms with Crippen LogP contribution in [0.4, 0.5) is 11.4 Å². The molecule has 1 atom stereocenters. The van der Waals surface area contributed by atoms with Crippen LogP contribution in [-0.4, -0.2) is 11.8 Å². The van der Waals surface area contributed by atoms with Crippen LogP contribution in [0.5, 0.6) is 0 Å². The van der Waals surface area contributed by atoms with Crippen LogP contribution in [0.25, 0.3) is 0 Å². The van der Waals surface area contributed by atoms with Crippen LogP contribution in [-0.2, 0) is 9.59 Å². The summed E-state index contributed by atoms with van der Waals surface area (Å²) in [7, 11) is 0. The van der Waals surface area contributed by atoms with Crippen LogP contribution < -0.4 is 21.1 Å². The van der Waals surface area contributed by atoms with Crippen LogP contribution in [0.15, 0.2) is 113 Å². The Morgan fingerprint density at radius 1 is 0.853 bits per heavy atom. The predicted octanol–water partition coefficient (Wildman–Crippen LogP) is 3.96. The summed E-state index contributed by atoms with van der Waals surface area (Å²) in [6.45, 7) is 0. The van der Waals surface area contributed by atoms with Crippen molar-refractivity contribution >= 4 is 35.0 Å². The summed E-state index contributed by atoms with van der Waals surface area (Å²) in [4.78, 5) is 28.3. The van der Waals surface area contributed by atoms with Gasteiger partial charge in [0.05, 0.1) is 16.5 Å². The molecule has 2 heterocycles. The smallest absolute Gasteiger partial charge is 0.285 e. The van der Waals surface area contributed by atoms with E-state index in [4.69, 9.17) is 5.73 Å². The number of amides is 2. The zero-order valence-corrected chi connectivity index (χ0v) is 18.7. The summed E-state index contributed by atoms with van der Waals surface area (Å²) in [5, 5.41) is 11.1. The largest absolute Gasteiger partial charge is 0.384 e. The molecule has 2 amide bonds. The van der Waals surface area contributed by atoms with E-state index in [1.807, 2.05) is 66.7 Å². The van der Waals surface area contributed by atoms with Gasteiger partial charge in [-0.15, -0.1) is 0 Å².